The van der Waals surface area contributed by atoms with E-state index in [9.17, 15) is 9.59 Å². The number of carbonyl (C=O) groups excluding carboxylic acids is 2. The molecule has 2 aromatic carbocycles. The maximum Gasteiger partial charge on any atom is 0.260 e. The second kappa shape index (κ2) is 14.9. The lowest BCUT2D eigenvalue weighted by Crippen LogP contribution is -2.48. The molecule has 4 rings (SSSR count). The summed E-state index contributed by atoms with van der Waals surface area (Å²) in [6, 6.07) is 21.7. The molecular formula is C33H42ClN3O3. The van der Waals surface area contributed by atoms with Gasteiger partial charge in [-0.2, -0.15) is 0 Å². The van der Waals surface area contributed by atoms with Crippen LogP contribution < -0.4 is 4.74 Å². The van der Waals surface area contributed by atoms with Gasteiger partial charge in [-0.15, -0.1) is 0 Å². The standard InChI is InChI=1S/C33H42ClN3O3/c1-26(2)19-21-36(33(39)25-40-31-17-15-28(34)16-18-31)24-32(38)37(29-12-7-4-8-13-29)23-30-14-9-20-35(30)22-27-10-5-3-6-11-27/h3,5-6,9-11,14-18,20,26,29H,4,7-8,12-13,19,21-25H2,1-2H3. The minimum atomic E-state index is -0.181. The largest absolute Gasteiger partial charge is 0.484 e. The molecule has 7 heteroatoms. The smallest absolute Gasteiger partial charge is 0.260 e. The van der Waals surface area contributed by atoms with Crippen LogP contribution in [0.2, 0.25) is 5.02 Å². The number of hydrogen-bond donors (Lipinski definition) is 0. The zero-order chi connectivity index (χ0) is 28.3. The summed E-state index contributed by atoms with van der Waals surface area (Å²) < 4.78 is 7.97. The number of benzene rings is 2. The van der Waals surface area contributed by atoms with Crippen molar-refractivity contribution in [3.63, 3.8) is 0 Å². The molecule has 1 heterocycles. The molecule has 6 nitrogen and oxygen atoms in total. The zero-order valence-electron chi connectivity index (χ0n) is 23.8. The van der Waals surface area contributed by atoms with E-state index in [4.69, 9.17) is 16.3 Å². The average molecular weight is 564 g/mol. The van der Waals surface area contributed by atoms with Crippen LogP contribution in [0.15, 0.2) is 72.9 Å². The second-order valence-corrected chi connectivity index (χ2v) is 11.6. The SMILES string of the molecule is CC(C)CCN(CC(=O)N(Cc1cccn1Cc1ccccc1)C1CCCCC1)C(=O)COc1ccc(Cl)cc1. The number of ether oxygens (including phenoxy) is 1. The fourth-order valence-electron chi connectivity index (χ4n) is 5.24. The van der Waals surface area contributed by atoms with E-state index in [1.807, 2.05) is 17.0 Å². The van der Waals surface area contributed by atoms with E-state index < -0.39 is 0 Å². The van der Waals surface area contributed by atoms with Crippen molar-refractivity contribution in [2.45, 2.75) is 71.5 Å². The monoisotopic (exact) mass is 563 g/mol. The van der Waals surface area contributed by atoms with Crippen molar-refractivity contribution in [3.05, 3.63) is 89.2 Å². The van der Waals surface area contributed by atoms with Crippen LogP contribution in [0.25, 0.3) is 0 Å². The highest BCUT2D eigenvalue weighted by Crippen LogP contribution is 2.25. The summed E-state index contributed by atoms with van der Waals surface area (Å²) in [7, 11) is 0. The number of carbonyl (C=O) groups is 2. The van der Waals surface area contributed by atoms with Gasteiger partial charge in [-0.05, 0) is 67.1 Å². The highest BCUT2D eigenvalue weighted by molar-refractivity contribution is 6.30. The van der Waals surface area contributed by atoms with Crippen LogP contribution in [0.4, 0.5) is 0 Å². The third-order valence-corrected chi connectivity index (χ3v) is 7.87. The van der Waals surface area contributed by atoms with E-state index in [1.165, 1.54) is 12.0 Å². The number of halogens is 1. The number of hydrogen-bond acceptors (Lipinski definition) is 3. The summed E-state index contributed by atoms with van der Waals surface area (Å²) in [6.45, 7) is 6.03. The number of aromatic nitrogens is 1. The lowest BCUT2D eigenvalue weighted by molar-refractivity contribution is -0.144. The van der Waals surface area contributed by atoms with Gasteiger partial charge in [0.1, 0.15) is 5.75 Å². The first kappa shape index (κ1) is 29.7. The minimum Gasteiger partial charge on any atom is -0.484 e. The molecule has 40 heavy (non-hydrogen) atoms. The van der Waals surface area contributed by atoms with Gasteiger partial charge in [0, 0.05) is 36.0 Å². The molecule has 0 saturated heterocycles. The first-order chi connectivity index (χ1) is 19.4. The van der Waals surface area contributed by atoms with Crippen LogP contribution in [0.3, 0.4) is 0 Å². The lowest BCUT2D eigenvalue weighted by atomic mass is 9.94. The van der Waals surface area contributed by atoms with Gasteiger partial charge in [-0.25, -0.2) is 0 Å². The fraction of sp³-hybridized carbons (Fsp3) is 0.455. The van der Waals surface area contributed by atoms with Gasteiger partial charge in [0.2, 0.25) is 5.91 Å². The molecular weight excluding hydrogens is 522 g/mol. The van der Waals surface area contributed by atoms with Crippen LogP contribution in [0.1, 0.15) is 63.6 Å². The van der Waals surface area contributed by atoms with E-state index in [2.05, 4.69) is 54.9 Å². The highest BCUT2D eigenvalue weighted by atomic mass is 35.5. The highest BCUT2D eigenvalue weighted by Gasteiger charge is 2.29. The summed E-state index contributed by atoms with van der Waals surface area (Å²) in [5.41, 5.74) is 2.33. The summed E-state index contributed by atoms with van der Waals surface area (Å²) in [4.78, 5) is 31.0. The van der Waals surface area contributed by atoms with Gasteiger partial charge in [0.05, 0.1) is 13.1 Å². The Morgan fingerprint density at radius 3 is 2.38 bits per heavy atom. The summed E-state index contributed by atoms with van der Waals surface area (Å²) in [5.74, 6) is 0.817. The zero-order valence-corrected chi connectivity index (χ0v) is 24.6. The summed E-state index contributed by atoms with van der Waals surface area (Å²) >= 11 is 5.97. The normalized spacial score (nSPS) is 13.8. The van der Waals surface area contributed by atoms with Crippen molar-refractivity contribution >= 4 is 23.4 Å². The van der Waals surface area contributed by atoms with Gasteiger partial charge >= 0.3 is 0 Å². The Morgan fingerprint density at radius 1 is 0.950 bits per heavy atom. The third kappa shape index (κ3) is 8.88. The average Bonchev–Trinajstić information content (AvgIpc) is 3.40. The minimum absolute atomic E-state index is 0.00274. The molecule has 0 bridgehead atoms. The van der Waals surface area contributed by atoms with Crippen LogP contribution in [-0.2, 0) is 22.7 Å². The van der Waals surface area contributed by atoms with Crippen molar-refractivity contribution in [1.29, 1.82) is 0 Å². The Morgan fingerprint density at radius 2 is 1.68 bits per heavy atom. The maximum atomic E-state index is 14.0. The molecule has 0 atom stereocenters. The van der Waals surface area contributed by atoms with Crippen LogP contribution in [-0.4, -0.2) is 51.9 Å². The molecule has 2 amide bonds. The Balaban J connectivity index is 1.48. The Kier molecular flexibility index (Phi) is 11.1. The molecule has 1 aliphatic carbocycles. The van der Waals surface area contributed by atoms with E-state index in [1.54, 1.807) is 29.2 Å². The van der Waals surface area contributed by atoms with Crippen LogP contribution >= 0.6 is 11.6 Å². The molecule has 1 saturated carbocycles. The van der Waals surface area contributed by atoms with Crippen molar-refractivity contribution in [3.8, 4) is 5.75 Å². The van der Waals surface area contributed by atoms with E-state index in [0.29, 0.717) is 29.8 Å². The van der Waals surface area contributed by atoms with E-state index >= 15 is 0 Å². The van der Waals surface area contributed by atoms with Crippen LogP contribution in [0, 0.1) is 5.92 Å². The second-order valence-electron chi connectivity index (χ2n) is 11.2. The van der Waals surface area contributed by atoms with Crippen molar-refractivity contribution in [2.75, 3.05) is 19.7 Å². The molecule has 0 unspecified atom stereocenters. The van der Waals surface area contributed by atoms with E-state index in [-0.39, 0.29) is 31.0 Å². The van der Waals surface area contributed by atoms with Gasteiger partial charge in [0.25, 0.3) is 5.91 Å². The molecule has 1 aromatic heterocycles. The fourth-order valence-corrected chi connectivity index (χ4v) is 5.37. The molecule has 0 radical (unpaired) electrons. The van der Waals surface area contributed by atoms with E-state index in [0.717, 1.165) is 44.3 Å². The molecule has 0 spiro atoms. The third-order valence-electron chi connectivity index (χ3n) is 7.62. The van der Waals surface area contributed by atoms with Gasteiger partial charge in [-0.3, -0.25) is 9.59 Å². The van der Waals surface area contributed by atoms with Crippen molar-refractivity contribution in [1.82, 2.24) is 14.4 Å². The Bertz CT molecular complexity index is 1200. The topological polar surface area (TPSA) is 54.8 Å². The predicted octanol–water partition coefficient (Wildman–Crippen LogP) is 6.80. The number of nitrogens with zero attached hydrogens (tertiary/aromatic N) is 3. The maximum absolute atomic E-state index is 14.0. The van der Waals surface area contributed by atoms with Crippen molar-refractivity contribution < 1.29 is 14.3 Å². The van der Waals surface area contributed by atoms with Crippen molar-refractivity contribution in [2.24, 2.45) is 5.92 Å². The number of rotatable bonds is 13. The quantitative estimate of drug-likeness (QED) is 0.230. The molecule has 1 fully saturated rings. The molecule has 214 valence electrons. The molecule has 1 aliphatic rings. The first-order valence-electron chi connectivity index (χ1n) is 14.5. The van der Waals surface area contributed by atoms with Gasteiger partial charge in [-0.1, -0.05) is 75.0 Å². The lowest BCUT2D eigenvalue weighted by Gasteiger charge is -2.36. The first-order valence-corrected chi connectivity index (χ1v) is 14.9. The summed E-state index contributed by atoms with van der Waals surface area (Å²) in [5, 5.41) is 0.612. The predicted molar refractivity (Wildman–Crippen MR) is 160 cm³/mol. The molecule has 0 N–H and O–H groups in total. The number of amides is 2. The molecule has 3 aromatic rings. The Hall–Kier alpha value is -3.25. The summed E-state index contributed by atoms with van der Waals surface area (Å²) in [6.07, 6.45) is 8.38. The Labute approximate surface area is 243 Å². The van der Waals surface area contributed by atoms with Gasteiger partial charge < -0.3 is 19.1 Å². The molecule has 0 aliphatic heterocycles. The van der Waals surface area contributed by atoms with Crippen LogP contribution in [0.5, 0.6) is 5.75 Å². The van der Waals surface area contributed by atoms with Gasteiger partial charge in [0.15, 0.2) is 6.61 Å².